The minimum Gasteiger partial charge on any atom is -0.468 e. The number of carbonyl (C=O) groups excluding carboxylic acids is 3. The van der Waals surface area contributed by atoms with Crippen molar-refractivity contribution in [2.24, 2.45) is 0 Å². The van der Waals surface area contributed by atoms with Crippen LogP contribution in [0.15, 0.2) is 82.3 Å². The first-order valence-electron chi connectivity index (χ1n) is 9.28. The average Bonchev–Trinajstić information content (AvgIpc) is 3.34. The van der Waals surface area contributed by atoms with Crippen LogP contribution in [0.1, 0.15) is 26.5 Å². The summed E-state index contributed by atoms with van der Waals surface area (Å²) in [7, 11) is -3.81. The van der Waals surface area contributed by atoms with Crippen LogP contribution in [0, 0.1) is 0 Å². The van der Waals surface area contributed by atoms with Gasteiger partial charge in [0.25, 0.3) is 11.8 Å². The fourth-order valence-corrected chi connectivity index (χ4v) is 3.46. The Morgan fingerprint density at radius 1 is 0.844 bits per heavy atom. The van der Waals surface area contributed by atoms with Crippen molar-refractivity contribution in [2.45, 2.75) is 11.4 Å². The van der Waals surface area contributed by atoms with E-state index in [2.05, 4.69) is 15.6 Å². The van der Waals surface area contributed by atoms with Gasteiger partial charge in [0, 0.05) is 5.56 Å². The molecule has 3 rings (SSSR count). The third kappa shape index (κ3) is 6.27. The lowest BCUT2D eigenvalue weighted by atomic mass is 10.2. The topological polar surface area (TPSA) is 144 Å². The van der Waals surface area contributed by atoms with E-state index in [1.807, 2.05) is 0 Å². The summed E-state index contributed by atoms with van der Waals surface area (Å²) in [5.41, 5.74) is 4.73. The van der Waals surface area contributed by atoms with Gasteiger partial charge >= 0.3 is 5.97 Å². The van der Waals surface area contributed by atoms with Crippen LogP contribution in [-0.4, -0.2) is 32.8 Å². The van der Waals surface area contributed by atoms with E-state index in [-0.39, 0.29) is 17.0 Å². The van der Waals surface area contributed by atoms with E-state index in [1.165, 1.54) is 30.5 Å². The number of hydrogen-bond donors (Lipinski definition) is 3. The maximum atomic E-state index is 12.3. The number of hydrogen-bond acceptors (Lipinski definition) is 7. The second-order valence-electron chi connectivity index (χ2n) is 6.37. The molecule has 2 aromatic carbocycles. The molecule has 3 N–H and O–H groups in total. The average molecular weight is 457 g/mol. The first-order valence-corrected chi connectivity index (χ1v) is 10.8. The van der Waals surface area contributed by atoms with Crippen LogP contribution < -0.4 is 15.6 Å². The standard InChI is InChI=1S/C21H19N3O7S/c25-19(23-24-20(26)15-5-2-1-3-6-15)14-31-21(27)16-8-10-18(11-9-16)32(28,29)22-13-17-7-4-12-30-17/h1-12,22H,13-14H2,(H,23,25)(H,24,26). The lowest BCUT2D eigenvalue weighted by Crippen LogP contribution is -2.43. The highest BCUT2D eigenvalue weighted by Crippen LogP contribution is 2.12. The molecule has 3 aromatic rings. The molecule has 0 aliphatic carbocycles. The number of ether oxygens (including phenoxy) is 1. The molecule has 11 heteroatoms. The van der Waals surface area contributed by atoms with E-state index >= 15 is 0 Å². The van der Waals surface area contributed by atoms with E-state index in [9.17, 15) is 22.8 Å². The van der Waals surface area contributed by atoms with Crippen molar-refractivity contribution in [3.63, 3.8) is 0 Å². The minimum absolute atomic E-state index is 0.0188. The molecule has 0 unspecified atom stereocenters. The maximum absolute atomic E-state index is 12.3. The summed E-state index contributed by atoms with van der Waals surface area (Å²) < 4.78 is 36.9. The molecule has 0 bridgehead atoms. The lowest BCUT2D eigenvalue weighted by Gasteiger charge is -2.09. The fourth-order valence-electron chi connectivity index (χ4n) is 2.47. The Morgan fingerprint density at radius 2 is 1.56 bits per heavy atom. The van der Waals surface area contributed by atoms with Gasteiger partial charge in [-0.15, -0.1) is 0 Å². The maximum Gasteiger partial charge on any atom is 0.338 e. The zero-order chi connectivity index (χ0) is 23.0. The number of carbonyl (C=O) groups is 3. The number of benzene rings is 2. The number of rotatable bonds is 8. The fraction of sp³-hybridized carbons (Fsp3) is 0.0952. The summed E-state index contributed by atoms with van der Waals surface area (Å²) in [4.78, 5) is 35.6. The van der Waals surface area contributed by atoms with Gasteiger partial charge < -0.3 is 9.15 Å². The van der Waals surface area contributed by atoms with Gasteiger partial charge in [-0.3, -0.25) is 20.4 Å². The molecule has 32 heavy (non-hydrogen) atoms. The molecule has 10 nitrogen and oxygen atoms in total. The van der Waals surface area contributed by atoms with Gasteiger partial charge in [-0.25, -0.2) is 17.9 Å². The number of amides is 2. The molecule has 0 saturated heterocycles. The molecule has 0 saturated carbocycles. The predicted octanol–water partition coefficient (Wildman–Crippen LogP) is 1.38. The number of sulfonamides is 1. The third-order valence-corrected chi connectivity index (χ3v) is 5.52. The van der Waals surface area contributed by atoms with Gasteiger partial charge in [-0.1, -0.05) is 18.2 Å². The Morgan fingerprint density at radius 3 is 2.22 bits per heavy atom. The highest BCUT2D eigenvalue weighted by Gasteiger charge is 2.16. The summed E-state index contributed by atoms with van der Waals surface area (Å²) >= 11 is 0. The van der Waals surface area contributed by atoms with Crippen LogP contribution in [0.25, 0.3) is 0 Å². The molecule has 0 atom stereocenters. The zero-order valence-electron chi connectivity index (χ0n) is 16.6. The van der Waals surface area contributed by atoms with Crippen LogP contribution in [0.2, 0.25) is 0 Å². The Labute approximate surface area is 183 Å². The molecule has 0 radical (unpaired) electrons. The molecular weight excluding hydrogens is 438 g/mol. The second-order valence-corrected chi connectivity index (χ2v) is 8.14. The highest BCUT2D eigenvalue weighted by atomic mass is 32.2. The van der Waals surface area contributed by atoms with Crippen molar-refractivity contribution in [1.29, 1.82) is 0 Å². The van der Waals surface area contributed by atoms with Gasteiger partial charge in [0.1, 0.15) is 5.76 Å². The molecule has 166 valence electrons. The Kier molecular flexibility index (Phi) is 7.37. The Hall–Kier alpha value is -3.96. The molecular formula is C21H19N3O7S. The smallest absolute Gasteiger partial charge is 0.338 e. The minimum atomic E-state index is -3.81. The SMILES string of the molecule is O=C(COC(=O)c1ccc(S(=O)(=O)NCc2ccco2)cc1)NNC(=O)c1ccccc1. The van der Waals surface area contributed by atoms with Crippen molar-refractivity contribution < 1.29 is 32.0 Å². The van der Waals surface area contributed by atoms with E-state index < -0.39 is 34.4 Å². The van der Waals surface area contributed by atoms with E-state index in [0.717, 1.165) is 0 Å². The highest BCUT2D eigenvalue weighted by molar-refractivity contribution is 7.89. The van der Waals surface area contributed by atoms with E-state index in [0.29, 0.717) is 11.3 Å². The summed E-state index contributed by atoms with van der Waals surface area (Å²) in [5.74, 6) is -1.65. The Bertz CT molecular complexity index is 1180. The number of nitrogens with one attached hydrogen (secondary N) is 3. The van der Waals surface area contributed by atoms with E-state index in [1.54, 1.807) is 42.5 Å². The molecule has 2 amide bonds. The van der Waals surface area contributed by atoms with Crippen molar-refractivity contribution in [1.82, 2.24) is 15.6 Å². The summed E-state index contributed by atoms with van der Waals surface area (Å²) in [6.07, 6.45) is 1.43. The predicted molar refractivity (Wildman–Crippen MR) is 112 cm³/mol. The van der Waals surface area contributed by atoms with Crippen molar-refractivity contribution >= 4 is 27.8 Å². The molecule has 0 fully saturated rings. The largest absolute Gasteiger partial charge is 0.468 e. The molecule has 0 aliphatic rings. The molecule has 1 aromatic heterocycles. The summed E-state index contributed by atoms with van der Waals surface area (Å²) in [5, 5.41) is 0. The van der Waals surface area contributed by atoms with Crippen LogP contribution in [0.4, 0.5) is 0 Å². The summed E-state index contributed by atoms with van der Waals surface area (Å²) in [6, 6.07) is 16.5. The lowest BCUT2D eigenvalue weighted by molar-refractivity contribution is -0.125. The van der Waals surface area contributed by atoms with Gasteiger partial charge in [0.05, 0.1) is 23.3 Å². The normalized spacial score (nSPS) is 10.9. The number of esters is 1. The molecule has 1 heterocycles. The quantitative estimate of drug-likeness (QED) is 0.342. The monoisotopic (exact) mass is 457 g/mol. The van der Waals surface area contributed by atoms with Crippen molar-refractivity contribution in [3.8, 4) is 0 Å². The van der Waals surface area contributed by atoms with E-state index in [4.69, 9.17) is 9.15 Å². The zero-order valence-corrected chi connectivity index (χ0v) is 17.4. The molecule has 0 aliphatic heterocycles. The van der Waals surface area contributed by atoms with Gasteiger partial charge in [-0.2, -0.15) is 0 Å². The van der Waals surface area contributed by atoms with Gasteiger partial charge in [0.2, 0.25) is 10.0 Å². The second kappa shape index (κ2) is 10.4. The van der Waals surface area contributed by atoms with Crippen LogP contribution in [0.5, 0.6) is 0 Å². The first-order chi connectivity index (χ1) is 15.3. The Balaban J connectivity index is 1.46. The summed E-state index contributed by atoms with van der Waals surface area (Å²) in [6.45, 7) is -0.659. The van der Waals surface area contributed by atoms with Crippen LogP contribution in [0.3, 0.4) is 0 Å². The first kappa shape index (κ1) is 22.7. The van der Waals surface area contributed by atoms with Gasteiger partial charge in [0.15, 0.2) is 6.61 Å². The van der Waals surface area contributed by atoms with Gasteiger partial charge in [-0.05, 0) is 48.5 Å². The number of hydrazine groups is 1. The third-order valence-electron chi connectivity index (χ3n) is 4.10. The molecule has 0 spiro atoms. The number of furan rings is 1. The van der Waals surface area contributed by atoms with Crippen molar-refractivity contribution in [2.75, 3.05) is 6.61 Å². The van der Waals surface area contributed by atoms with Crippen LogP contribution >= 0.6 is 0 Å². The van der Waals surface area contributed by atoms with Crippen LogP contribution in [-0.2, 0) is 26.1 Å². The van der Waals surface area contributed by atoms with Crippen molar-refractivity contribution in [3.05, 3.63) is 89.9 Å².